The summed E-state index contributed by atoms with van der Waals surface area (Å²) in [5.74, 6) is 0.384. The number of anilines is 1. The van der Waals surface area contributed by atoms with Crippen LogP contribution in [0.4, 0.5) is 10.1 Å². The first kappa shape index (κ1) is 17.3. The highest BCUT2D eigenvalue weighted by Gasteiger charge is 2.36. The maximum absolute atomic E-state index is 14.6. The fraction of sp³-hybridized carbons (Fsp3) is 0.684. The number of hydrogen-bond donors (Lipinski definition) is 1. The van der Waals surface area contributed by atoms with Crippen LogP contribution >= 0.6 is 0 Å². The van der Waals surface area contributed by atoms with Gasteiger partial charge in [-0.25, -0.2) is 4.39 Å². The molecular formula is C19H31FN2. The lowest BCUT2D eigenvalue weighted by Crippen LogP contribution is -2.48. The van der Waals surface area contributed by atoms with Gasteiger partial charge in [-0.3, -0.25) is 0 Å². The summed E-state index contributed by atoms with van der Waals surface area (Å²) < 4.78 is 14.6. The molecule has 1 aromatic rings. The summed E-state index contributed by atoms with van der Waals surface area (Å²) in [7, 11) is 0. The summed E-state index contributed by atoms with van der Waals surface area (Å²) in [6.07, 6.45) is 2.19. The third-order valence-electron chi connectivity index (χ3n) is 4.70. The molecule has 0 aromatic heterocycles. The monoisotopic (exact) mass is 306 g/mol. The SMILES string of the molecule is CCCN1c2cc(F)c(CNC(C)C)cc2[C@@H](C)CC1(C)C. The lowest BCUT2D eigenvalue weighted by Gasteiger charge is -2.47. The molecule has 1 aliphatic rings. The number of benzene rings is 1. The first-order valence-electron chi connectivity index (χ1n) is 8.59. The van der Waals surface area contributed by atoms with Gasteiger partial charge in [-0.1, -0.05) is 27.7 Å². The van der Waals surface area contributed by atoms with E-state index in [0.29, 0.717) is 18.5 Å². The Kier molecular flexibility index (Phi) is 5.16. The van der Waals surface area contributed by atoms with E-state index < -0.39 is 0 Å². The summed E-state index contributed by atoms with van der Waals surface area (Å²) in [4.78, 5) is 2.39. The minimum Gasteiger partial charge on any atom is -0.366 e. The van der Waals surface area contributed by atoms with Crippen molar-refractivity contribution in [1.29, 1.82) is 0 Å². The van der Waals surface area contributed by atoms with Crippen LogP contribution in [0.1, 0.15) is 71.4 Å². The van der Waals surface area contributed by atoms with Crippen molar-refractivity contribution < 1.29 is 4.39 Å². The average Bonchev–Trinajstić information content (AvgIpc) is 2.41. The molecule has 0 radical (unpaired) electrons. The molecule has 1 aromatic carbocycles. The van der Waals surface area contributed by atoms with E-state index >= 15 is 0 Å². The number of fused-ring (bicyclic) bond motifs is 1. The fourth-order valence-electron chi connectivity index (χ4n) is 3.65. The molecule has 0 bridgehead atoms. The molecule has 2 nitrogen and oxygen atoms in total. The molecule has 0 fully saturated rings. The molecule has 0 amide bonds. The minimum atomic E-state index is -0.0853. The van der Waals surface area contributed by atoms with Gasteiger partial charge in [0, 0.05) is 35.9 Å². The molecule has 0 unspecified atom stereocenters. The molecule has 0 spiro atoms. The molecule has 1 aliphatic heterocycles. The van der Waals surface area contributed by atoms with Crippen LogP contribution in [0.2, 0.25) is 0 Å². The Balaban J connectivity index is 2.41. The number of halogens is 1. The summed E-state index contributed by atoms with van der Waals surface area (Å²) in [5, 5.41) is 3.32. The zero-order valence-electron chi connectivity index (χ0n) is 15.0. The quantitative estimate of drug-likeness (QED) is 0.838. The van der Waals surface area contributed by atoms with E-state index in [0.717, 1.165) is 30.6 Å². The molecule has 22 heavy (non-hydrogen) atoms. The Hall–Kier alpha value is -1.09. The van der Waals surface area contributed by atoms with Gasteiger partial charge >= 0.3 is 0 Å². The molecular weight excluding hydrogens is 275 g/mol. The number of nitrogens with zero attached hydrogens (tertiary/aromatic N) is 1. The van der Waals surface area contributed by atoms with Crippen LogP contribution in [0.15, 0.2) is 12.1 Å². The smallest absolute Gasteiger partial charge is 0.129 e. The third-order valence-corrected chi connectivity index (χ3v) is 4.70. The predicted molar refractivity (Wildman–Crippen MR) is 93.1 cm³/mol. The first-order chi connectivity index (χ1) is 10.3. The summed E-state index contributed by atoms with van der Waals surface area (Å²) in [6, 6.07) is 4.21. The van der Waals surface area contributed by atoms with Crippen molar-refractivity contribution >= 4 is 5.69 Å². The second-order valence-corrected chi connectivity index (χ2v) is 7.61. The van der Waals surface area contributed by atoms with Gasteiger partial charge < -0.3 is 10.2 Å². The molecule has 0 aliphatic carbocycles. The van der Waals surface area contributed by atoms with Crippen LogP contribution in [0.3, 0.4) is 0 Å². The Morgan fingerprint density at radius 3 is 2.64 bits per heavy atom. The van der Waals surface area contributed by atoms with Gasteiger partial charge in [-0.05, 0) is 50.3 Å². The molecule has 1 atom stereocenters. The van der Waals surface area contributed by atoms with Gasteiger partial charge in [0.15, 0.2) is 0 Å². The van der Waals surface area contributed by atoms with Crippen molar-refractivity contribution in [3.05, 3.63) is 29.1 Å². The maximum Gasteiger partial charge on any atom is 0.129 e. The summed E-state index contributed by atoms with van der Waals surface area (Å²) >= 11 is 0. The van der Waals surface area contributed by atoms with Gasteiger partial charge in [0.2, 0.25) is 0 Å². The van der Waals surface area contributed by atoms with Gasteiger partial charge in [-0.15, -0.1) is 0 Å². The van der Waals surface area contributed by atoms with Gasteiger partial charge in [0.05, 0.1) is 0 Å². The van der Waals surface area contributed by atoms with Crippen LogP contribution in [0.25, 0.3) is 0 Å². The molecule has 2 rings (SSSR count). The van der Waals surface area contributed by atoms with Crippen LogP contribution in [-0.2, 0) is 6.54 Å². The lowest BCUT2D eigenvalue weighted by molar-refractivity contribution is 0.374. The van der Waals surface area contributed by atoms with Crippen molar-refractivity contribution in [1.82, 2.24) is 5.32 Å². The van der Waals surface area contributed by atoms with Gasteiger partial charge in [0.25, 0.3) is 0 Å². The summed E-state index contributed by atoms with van der Waals surface area (Å²) in [5.41, 5.74) is 3.27. The van der Waals surface area contributed by atoms with E-state index in [1.807, 2.05) is 0 Å². The zero-order valence-corrected chi connectivity index (χ0v) is 15.0. The van der Waals surface area contributed by atoms with E-state index in [-0.39, 0.29) is 11.4 Å². The van der Waals surface area contributed by atoms with E-state index in [4.69, 9.17) is 0 Å². The second kappa shape index (κ2) is 6.57. The number of hydrogen-bond acceptors (Lipinski definition) is 2. The van der Waals surface area contributed by atoms with Crippen molar-refractivity contribution in [3.63, 3.8) is 0 Å². The predicted octanol–water partition coefficient (Wildman–Crippen LogP) is 4.83. The number of rotatable bonds is 5. The lowest BCUT2D eigenvalue weighted by atomic mass is 9.79. The van der Waals surface area contributed by atoms with E-state index in [1.54, 1.807) is 6.07 Å². The van der Waals surface area contributed by atoms with Crippen LogP contribution in [-0.4, -0.2) is 18.1 Å². The highest BCUT2D eigenvalue weighted by atomic mass is 19.1. The molecule has 3 heteroatoms. The molecule has 1 N–H and O–H groups in total. The first-order valence-corrected chi connectivity index (χ1v) is 8.59. The third kappa shape index (κ3) is 3.45. The largest absolute Gasteiger partial charge is 0.366 e. The molecule has 0 saturated heterocycles. The molecule has 1 heterocycles. The Labute approximate surface area is 135 Å². The van der Waals surface area contributed by atoms with E-state index in [1.165, 1.54) is 5.56 Å². The van der Waals surface area contributed by atoms with Gasteiger partial charge in [0.1, 0.15) is 5.82 Å². The summed E-state index contributed by atoms with van der Waals surface area (Å²) in [6.45, 7) is 14.8. The van der Waals surface area contributed by atoms with E-state index in [2.05, 4.69) is 57.8 Å². The van der Waals surface area contributed by atoms with Crippen molar-refractivity contribution in [2.45, 2.75) is 78.4 Å². The molecule has 124 valence electrons. The highest BCUT2D eigenvalue weighted by molar-refractivity contribution is 5.61. The van der Waals surface area contributed by atoms with Crippen molar-refractivity contribution in [3.8, 4) is 0 Å². The normalized spacial score (nSPS) is 20.4. The second-order valence-electron chi connectivity index (χ2n) is 7.61. The highest BCUT2D eigenvalue weighted by Crippen LogP contribution is 2.44. The average molecular weight is 306 g/mol. The van der Waals surface area contributed by atoms with Gasteiger partial charge in [-0.2, -0.15) is 0 Å². The van der Waals surface area contributed by atoms with Crippen LogP contribution in [0, 0.1) is 5.82 Å². The fourth-order valence-corrected chi connectivity index (χ4v) is 3.65. The topological polar surface area (TPSA) is 15.3 Å². The van der Waals surface area contributed by atoms with Crippen molar-refractivity contribution in [2.24, 2.45) is 0 Å². The zero-order chi connectivity index (χ0) is 16.5. The van der Waals surface area contributed by atoms with E-state index in [9.17, 15) is 4.39 Å². The minimum absolute atomic E-state index is 0.0853. The standard InChI is InChI=1S/C19H31FN2/c1-7-8-22-18-10-17(20)15(12-21-13(2)3)9-16(18)14(4)11-19(22,5)6/h9-10,13-14,21H,7-8,11-12H2,1-6H3/t14-/m0/s1. The Bertz CT molecular complexity index is 522. The Morgan fingerprint density at radius 1 is 1.36 bits per heavy atom. The number of nitrogens with one attached hydrogen (secondary N) is 1. The Morgan fingerprint density at radius 2 is 2.05 bits per heavy atom. The maximum atomic E-state index is 14.6. The van der Waals surface area contributed by atoms with Crippen LogP contribution in [0.5, 0.6) is 0 Å². The molecule has 0 saturated carbocycles. The van der Waals surface area contributed by atoms with Crippen molar-refractivity contribution in [2.75, 3.05) is 11.4 Å². The van der Waals surface area contributed by atoms with Crippen LogP contribution < -0.4 is 10.2 Å².